The van der Waals surface area contributed by atoms with Crippen molar-refractivity contribution in [2.75, 3.05) is 14.1 Å². The molecule has 0 bridgehead atoms. The molecule has 0 saturated heterocycles. The molecule has 1 N–H and O–H groups in total. The highest BCUT2D eigenvalue weighted by molar-refractivity contribution is 6.32. The fourth-order valence-corrected chi connectivity index (χ4v) is 3.96. The number of nitrogens with zero attached hydrogens (tertiary/aromatic N) is 1. The fourth-order valence-electron chi connectivity index (χ4n) is 3.72. The van der Waals surface area contributed by atoms with Crippen LogP contribution in [0.1, 0.15) is 48.5 Å². The summed E-state index contributed by atoms with van der Waals surface area (Å²) in [7, 11) is 4.20. The molecule has 0 amide bonds. The van der Waals surface area contributed by atoms with Crippen molar-refractivity contribution < 1.29 is 19.4 Å². The third-order valence-corrected chi connectivity index (χ3v) is 5.81. The van der Waals surface area contributed by atoms with Crippen LogP contribution in [0.4, 0.5) is 0 Å². The lowest BCUT2D eigenvalue weighted by molar-refractivity contribution is -0.117. The SMILES string of the molecule is Cc1c(C(=O)O)cc(Cl)c2c1OC1(CCC(C(C)N(C)C)CC1)O2. The van der Waals surface area contributed by atoms with Crippen LogP contribution in [-0.2, 0) is 0 Å². The monoisotopic (exact) mass is 353 g/mol. The van der Waals surface area contributed by atoms with Crippen molar-refractivity contribution in [3.63, 3.8) is 0 Å². The lowest BCUT2D eigenvalue weighted by Gasteiger charge is -2.39. The van der Waals surface area contributed by atoms with Crippen molar-refractivity contribution in [3.05, 3.63) is 22.2 Å². The van der Waals surface area contributed by atoms with Crippen LogP contribution in [-0.4, -0.2) is 41.9 Å². The van der Waals surface area contributed by atoms with E-state index in [2.05, 4.69) is 25.9 Å². The Morgan fingerprint density at radius 2 is 1.92 bits per heavy atom. The van der Waals surface area contributed by atoms with Crippen molar-refractivity contribution >= 4 is 17.6 Å². The highest BCUT2D eigenvalue weighted by atomic mass is 35.5. The van der Waals surface area contributed by atoms with Crippen molar-refractivity contribution in [1.29, 1.82) is 0 Å². The third-order valence-electron chi connectivity index (χ3n) is 5.53. The number of benzene rings is 1. The van der Waals surface area contributed by atoms with Crippen LogP contribution in [0.25, 0.3) is 0 Å². The number of carboxylic acid groups (broad SMARTS) is 1. The highest BCUT2D eigenvalue weighted by Gasteiger charge is 2.47. The minimum absolute atomic E-state index is 0.161. The Kier molecular flexibility index (Phi) is 4.43. The standard InChI is InChI=1S/C18H24ClNO4/c1-10-13(17(21)22)9-14(19)16-15(10)23-18(24-16)7-5-12(6-8-18)11(2)20(3)4/h9,11-12H,5-8H2,1-4H3,(H,21,22). The second-order valence-electron chi connectivity index (χ2n) is 7.15. The van der Waals surface area contributed by atoms with Crippen LogP contribution < -0.4 is 9.47 Å². The molecule has 1 aromatic rings. The lowest BCUT2D eigenvalue weighted by Crippen LogP contribution is -2.45. The summed E-state index contributed by atoms with van der Waals surface area (Å²) in [5.41, 5.74) is 0.733. The van der Waals surface area contributed by atoms with Crippen LogP contribution in [0.15, 0.2) is 6.07 Å². The van der Waals surface area contributed by atoms with Gasteiger partial charge in [0.05, 0.1) is 10.6 Å². The van der Waals surface area contributed by atoms with E-state index in [9.17, 15) is 9.90 Å². The second-order valence-corrected chi connectivity index (χ2v) is 7.56. The van der Waals surface area contributed by atoms with Crippen LogP contribution in [0.3, 0.4) is 0 Å². The fraction of sp³-hybridized carbons (Fsp3) is 0.611. The third kappa shape index (κ3) is 2.84. The number of hydrogen-bond acceptors (Lipinski definition) is 4. The van der Waals surface area contributed by atoms with E-state index in [-0.39, 0.29) is 5.56 Å². The average molecular weight is 354 g/mol. The van der Waals surface area contributed by atoms with E-state index in [4.69, 9.17) is 21.1 Å². The molecule has 3 rings (SSSR count). The van der Waals surface area contributed by atoms with Gasteiger partial charge in [-0.2, -0.15) is 0 Å². The zero-order valence-electron chi connectivity index (χ0n) is 14.6. The van der Waals surface area contributed by atoms with Gasteiger partial charge in [-0.05, 0) is 52.8 Å². The van der Waals surface area contributed by atoms with Gasteiger partial charge in [0, 0.05) is 24.4 Å². The molecule has 0 aromatic heterocycles. The van der Waals surface area contributed by atoms with Gasteiger partial charge in [0.2, 0.25) is 0 Å². The first-order valence-corrected chi connectivity index (χ1v) is 8.73. The van der Waals surface area contributed by atoms with E-state index < -0.39 is 11.8 Å². The zero-order chi connectivity index (χ0) is 17.6. The maximum Gasteiger partial charge on any atom is 0.336 e. The largest absolute Gasteiger partial charge is 0.478 e. The molecule has 132 valence electrons. The Morgan fingerprint density at radius 1 is 1.33 bits per heavy atom. The molecule has 0 radical (unpaired) electrons. The number of carboxylic acids is 1. The van der Waals surface area contributed by atoms with E-state index in [1.54, 1.807) is 6.92 Å². The molecule has 6 heteroatoms. The molecule has 24 heavy (non-hydrogen) atoms. The number of hydrogen-bond donors (Lipinski definition) is 1. The highest BCUT2D eigenvalue weighted by Crippen LogP contribution is 2.52. The van der Waals surface area contributed by atoms with E-state index in [0.717, 1.165) is 25.7 Å². The summed E-state index contributed by atoms with van der Waals surface area (Å²) in [5.74, 6) is -0.133. The van der Waals surface area contributed by atoms with Crippen molar-refractivity contribution in [1.82, 2.24) is 4.90 Å². The molecule has 2 aliphatic rings. The summed E-state index contributed by atoms with van der Waals surface area (Å²) in [6.45, 7) is 3.98. The van der Waals surface area contributed by atoms with Gasteiger partial charge < -0.3 is 19.5 Å². The van der Waals surface area contributed by atoms with E-state index >= 15 is 0 Å². The molecule has 1 heterocycles. The topological polar surface area (TPSA) is 59.0 Å². The number of aromatic carboxylic acids is 1. The summed E-state index contributed by atoms with van der Waals surface area (Å²) < 4.78 is 12.3. The van der Waals surface area contributed by atoms with Gasteiger partial charge in [0.15, 0.2) is 11.5 Å². The van der Waals surface area contributed by atoms with Crippen LogP contribution in [0.5, 0.6) is 11.5 Å². The molecule has 1 aliphatic carbocycles. The first kappa shape index (κ1) is 17.4. The first-order chi connectivity index (χ1) is 11.2. The maximum atomic E-state index is 11.4. The summed E-state index contributed by atoms with van der Waals surface area (Å²) in [4.78, 5) is 13.6. The van der Waals surface area contributed by atoms with Gasteiger partial charge in [0.25, 0.3) is 5.79 Å². The van der Waals surface area contributed by atoms with Gasteiger partial charge in [-0.3, -0.25) is 0 Å². The molecule has 1 spiro atoms. The first-order valence-electron chi connectivity index (χ1n) is 8.35. The predicted octanol–water partition coefficient (Wildman–Crippen LogP) is 3.95. The van der Waals surface area contributed by atoms with Crippen molar-refractivity contribution in [3.8, 4) is 11.5 Å². The molecule has 1 aromatic carbocycles. The number of ether oxygens (including phenoxy) is 2. The number of rotatable bonds is 3. The van der Waals surface area contributed by atoms with Crippen LogP contribution in [0, 0.1) is 12.8 Å². The minimum atomic E-state index is -1.01. The van der Waals surface area contributed by atoms with E-state index in [0.29, 0.717) is 34.0 Å². The Morgan fingerprint density at radius 3 is 2.46 bits per heavy atom. The lowest BCUT2D eigenvalue weighted by atomic mass is 9.81. The van der Waals surface area contributed by atoms with Crippen molar-refractivity contribution in [2.45, 2.75) is 51.4 Å². The van der Waals surface area contributed by atoms with Gasteiger partial charge in [-0.15, -0.1) is 0 Å². The van der Waals surface area contributed by atoms with E-state index in [1.807, 2.05) is 0 Å². The van der Waals surface area contributed by atoms with Gasteiger partial charge in [-0.25, -0.2) is 4.79 Å². The van der Waals surface area contributed by atoms with Gasteiger partial charge in [0.1, 0.15) is 0 Å². The molecule has 1 saturated carbocycles. The van der Waals surface area contributed by atoms with Crippen molar-refractivity contribution in [2.24, 2.45) is 5.92 Å². The summed E-state index contributed by atoms with van der Waals surface area (Å²) in [6.07, 6.45) is 3.58. The van der Waals surface area contributed by atoms with Gasteiger partial charge >= 0.3 is 5.97 Å². The number of fused-ring (bicyclic) bond motifs is 1. The molecule has 1 unspecified atom stereocenters. The molecular formula is C18H24ClNO4. The normalized spacial score (nSPS) is 26.8. The molecule has 1 fully saturated rings. The Hall–Kier alpha value is -1.46. The minimum Gasteiger partial charge on any atom is -0.478 e. The molecule has 5 nitrogen and oxygen atoms in total. The Bertz CT molecular complexity index is 665. The Balaban J connectivity index is 1.81. The zero-order valence-corrected chi connectivity index (χ0v) is 15.3. The molecule has 1 aliphatic heterocycles. The molecule has 1 atom stereocenters. The smallest absolute Gasteiger partial charge is 0.336 e. The summed E-state index contributed by atoms with van der Waals surface area (Å²) in [6, 6.07) is 1.95. The van der Waals surface area contributed by atoms with Crippen LogP contribution >= 0.6 is 11.6 Å². The average Bonchev–Trinajstić information content (AvgIpc) is 2.91. The van der Waals surface area contributed by atoms with E-state index in [1.165, 1.54) is 6.07 Å². The quantitative estimate of drug-likeness (QED) is 0.891. The second kappa shape index (κ2) is 6.12. The number of halogens is 1. The van der Waals surface area contributed by atoms with Crippen LogP contribution in [0.2, 0.25) is 5.02 Å². The maximum absolute atomic E-state index is 11.4. The number of carbonyl (C=O) groups is 1. The summed E-state index contributed by atoms with van der Waals surface area (Å²) >= 11 is 6.24. The predicted molar refractivity (Wildman–Crippen MR) is 92.2 cm³/mol. The summed E-state index contributed by atoms with van der Waals surface area (Å²) in [5, 5.41) is 9.61. The van der Waals surface area contributed by atoms with Gasteiger partial charge in [-0.1, -0.05) is 11.6 Å². The Labute approximate surface area is 147 Å². The molecular weight excluding hydrogens is 330 g/mol.